The Balaban J connectivity index is 0. The molecule has 0 nitrogen and oxygen atoms in total. The summed E-state index contributed by atoms with van der Waals surface area (Å²) in [5.74, 6) is 2.24. The summed E-state index contributed by atoms with van der Waals surface area (Å²) in [5.41, 5.74) is 5.99. The van der Waals surface area contributed by atoms with Crippen molar-refractivity contribution in [2.24, 2.45) is 11.8 Å². The third-order valence-electron chi connectivity index (χ3n) is 6.52. The monoisotopic (exact) mass is 476 g/mol. The lowest BCUT2D eigenvalue weighted by molar-refractivity contribution is 0.177. The van der Waals surface area contributed by atoms with Crippen LogP contribution in [0.25, 0.3) is 0 Å². The summed E-state index contributed by atoms with van der Waals surface area (Å²) >= 11 is 0. The van der Waals surface area contributed by atoms with Crippen LogP contribution >= 0.6 is 18.5 Å². The summed E-state index contributed by atoms with van der Waals surface area (Å²) in [5, 5.41) is 0. The SMILES string of the molecule is CC.CC.CP.CP.Cc1ccc(C2CC(C(C)(C)c3ccc(C)cc3)CCC2C)cc1. The highest BCUT2D eigenvalue weighted by molar-refractivity contribution is 7.15. The Kier molecular flexibility index (Phi) is 19.6. The lowest BCUT2D eigenvalue weighted by Crippen LogP contribution is -2.34. The Hall–Kier alpha value is -0.700. The van der Waals surface area contributed by atoms with E-state index in [-0.39, 0.29) is 5.41 Å². The lowest BCUT2D eigenvalue weighted by atomic mass is 9.62. The van der Waals surface area contributed by atoms with Crippen molar-refractivity contribution >= 4 is 18.5 Å². The average Bonchev–Trinajstić information content (AvgIpc) is 2.85. The molecule has 1 aliphatic rings. The van der Waals surface area contributed by atoms with Gasteiger partial charge in [0.25, 0.3) is 0 Å². The largest absolute Gasteiger partial charge is 0.141 e. The molecule has 0 aromatic heterocycles. The van der Waals surface area contributed by atoms with Crippen LogP contribution in [0.5, 0.6) is 0 Å². The van der Waals surface area contributed by atoms with Crippen LogP contribution in [-0.2, 0) is 5.41 Å². The van der Waals surface area contributed by atoms with Gasteiger partial charge in [0, 0.05) is 0 Å². The van der Waals surface area contributed by atoms with Crippen LogP contribution in [0, 0.1) is 25.7 Å². The highest BCUT2D eigenvalue weighted by Crippen LogP contribution is 2.48. The summed E-state index contributed by atoms with van der Waals surface area (Å²) in [4.78, 5) is 0. The quantitative estimate of drug-likeness (QED) is 0.387. The van der Waals surface area contributed by atoms with Crippen molar-refractivity contribution in [2.75, 3.05) is 13.3 Å². The van der Waals surface area contributed by atoms with E-state index in [1.54, 1.807) is 0 Å². The van der Waals surface area contributed by atoms with E-state index in [2.05, 4.69) is 102 Å². The van der Waals surface area contributed by atoms with Crippen LogP contribution in [-0.4, -0.2) is 13.3 Å². The Morgan fingerprint density at radius 1 is 0.688 bits per heavy atom. The molecule has 2 aromatic rings. The van der Waals surface area contributed by atoms with Gasteiger partial charge < -0.3 is 0 Å². The van der Waals surface area contributed by atoms with Gasteiger partial charge in [0.1, 0.15) is 0 Å². The van der Waals surface area contributed by atoms with E-state index in [1.807, 2.05) is 41.0 Å². The molecule has 0 amide bonds. The smallest absolute Gasteiger partial charge is 0.00751 e. The normalized spacial score (nSPS) is 19.3. The molecule has 1 saturated carbocycles. The van der Waals surface area contributed by atoms with Crippen molar-refractivity contribution in [1.82, 2.24) is 0 Å². The van der Waals surface area contributed by atoms with Gasteiger partial charge in [-0.2, -0.15) is 0 Å². The Labute approximate surface area is 207 Å². The number of aryl methyl sites for hydroxylation is 2. The van der Waals surface area contributed by atoms with Gasteiger partial charge in [0.05, 0.1) is 0 Å². The molecule has 3 rings (SSSR count). The van der Waals surface area contributed by atoms with Gasteiger partial charge >= 0.3 is 0 Å². The van der Waals surface area contributed by atoms with E-state index in [0.717, 1.165) is 11.8 Å². The minimum absolute atomic E-state index is 0.247. The minimum Gasteiger partial charge on any atom is -0.141 e. The molecule has 1 fully saturated rings. The van der Waals surface area contributed by atoms with Crippen LogP contribution in [0.4, 0.5) is 0 Å². The molecule has 0 saturated heterocycles. The number of rotatable bonds is 3. The molecule has 5 atom stereocenters. The lowest BCUT2D eigenvalue weighted by Gasteiger charge is -2.43. The zero-order valence-electron chi connectivity index (χ0n) is 23.1. The molecule has 0 N–H and O–H groups in total. The van der Waals surface area contributed by atoms with E-state index in [9.17, 15) is 0 Å². The predicted molar refractivity (Wildman–Crippen MR) is 159 cm³/mol. The van der Waals surface area contributed by atoms with E-state index < -0.39 is 0 Å². The maximum absolute atomic E-state index is 2.45. The van der Waals surface area contributed by atoms with Crippen molar-refractivity contribution in [3.8, 4) is 0 Å². The van der Waals surface area contributed by atoms with E-state index >= 15 is 0 Å². The van der Waals surface area contributed by atoms with Gasteiger partial charge in [-0.3, -0.25) is 0 Å². The van der Waals surface area contributed by atoms with Crippen LogP contribution in [0.1, 0.15) is 95.9 Å². The highest BCUT2D eigenvalue weighted by atomic mass is 31.0. The molecule has 184 valence electrons. The molecule has 0 spiro atoms. The first-order chi connectivity index (χ1) is 15.4. The van der Waals surface area contributed by atoms with E-state index in [4.69, 9.17) is 0 Å². The summed E-state index contributed by atoms with van der Waals surface area (Å²) in [6.07, 6.45) is 4.01. The molecule has 2 heteroatoms. The third-order valence-corrected chi connectivity index (χ3v) is 6.52. The number of benzene rings is 2. The fraction of sp³-hybridized carbons (Fsp3) is 0.600. The predicted octanol–water partition coefficient (Wildman–Crippen LogP) is 9.84. The molecule has 0 heterocycles. The molecule has 32 heavy (non-hydrogen) atoms. The van der Waals surface area contributed by atoms with Gasteiger partial charge in [0.2, 0.25) is 0 Å². The fourth-order valence-corrected chi connectivity index (χ4v) is 4.47. The first-order valence-electron chi connectivity index (χ1n) is 12.7. The number of hydrogen-bond donors (Lipinski definition) is 0. The minimum atomic E-state index is 0.247. The van der Waals surface area contributed by atoms with Crippen molar-refractivity contribution in [3.63, 3.8) is 0 Å². The molecular weight excluding hydrogens is 422 g/mol. The summed E-state index contributed by atoms with van der Waals surface area (Å²) in [7, 11) is 4.83. The second-order valence-electron chi connectivity index (χ2n) is 8.59. The Bertz CT molecular complexity index is 671. The van der Waals surface area contributed by atoms with Crippen molar-refractivity contribution in [3.05, 3.63) is 70.8 Å². The molecule has 0 aliphatic heterocycles. The summed E-state index contributed by atoms with van der Waals surface area (Å²) in [6, 6.07) is 18.5. The molecule has 0 bridgehead atoms. The zero-order valence-corrected chi connectivity index (χ0v) is 25.4. The standard InChI is InChI=1S/C24H32.2C2H6.2CH5P/c1-17-6-11-20(12-7-17)23-16-22(15-10-19(23)3)24(4,5)21-13-8-18(2)9-14-21;4*1-2/h6-9,11-14,19,22-23H,10,15-16H2,1-5H3;2*1-2H3;2*2H2,1H3. The Morgan fingerprint density at radius 2 is 1.09 bits per heavy atom. The summed E-state index contributed by atoms with van der Waals surface area (Å²) < 4.78 is 0. The van der Waals surface area contributed by atoms with Crippen LogP contribution in [0.2, 0.25) is 0 Å². The van der Waals surface area contributed by atoms with Crippen molar-refractivity contribution < 1.29 is 0 Å². The average molecular weight is 477 g/mol. The van der Waals surface area contributed by atoms with Gasteiger partial charge in [-0.25, -0.2) is 0 Å². The fourth-order valence-electron chi connectivity index (χ4n) is 4.47. The molecule has 1 aliphatic carbocycles. The molecule has 2 aromatic carbocycles. The van der Waals surface area contributed by atoms with Crippen molar-refractivity contribution in [1.29, 1.82) is 0 Å². The van der Waals surface area contributed by atoms with E-state index in [1.165, 1.54) is 41.5 Å². The summed E-state index contributed by atoms with van der Waals surface area (Å²) in [6.45, 7) is 23.5. The Morgan fingerprint density at radius 3 is 1.53 bits per heavy atom. The van der Waals surface area contributed by atoms with Crippen molar-refractivity contribution in [2.45, 2.75) is 92.9 Å². The zero-order chi connectivity index (χ0) is 25.3. The maximum atomic E-state index is 2.45. The maximum Gasteiger partial charge on any atom is -0.00751 e. The molecule has 0 radical (unpaired) electrons. The van der Waals surface area contributed by atoms with Crippen LogP contribution in [0.15, 0.2) is 48.5 Å². The number of hydrogen-bond acceptors (Lipinski definition) is 0. The van der Waals surface area contributed by atoms with Gasteiger partial charge in [-0.05, 0) is 67.4 Å². The van der Waals surface area contributed by atoms with Crippen LogP contribution in [0.3, 0.4) is 0 Å². The van der Waals surface area contributed by atoms with Gasteiger partial charge in [-0.1, -0.05) is 121 Å². The van der Waals surface area contributed by atoms with Gasteiger partial charge in [-0.15, -0.1) is 18.5 Å². The molecule has 5 unspecified atom stereocenters. The first-order valence-corrected chi connectivity index (χ1v) is 15.0. The third kappa shape index (κ3) is 10.1. The van der Waals surface area contributed by atoms with Crippen LogP contribution < -0.4 is 0 Å². The van der Waals surface area contributed by atoms with Gasteiger partial charge in [0.15, 0.2) is 0 Å². The first kappa shape index (κ1) is 33.5. The van der Waals surface area contributed by atoms with E-state index in [0.29, 0.717) is 5.92 Å². The highest BCUT2D eigenvalue weighted by Gasteiger charge is 2.38. The topological polar surface area (TPSA) is 0 Å². The second kappa shape index (κ2) is 18.7. The molecular formula is C30H54P2. The second-order valence-corrected chi connectivity index (χ2v) is 8.59.